The minimum Gasteiger partial charge on any atom is -0.497 e. The molecule has 1 radical (unpaired) electrons. The summed E-state index contributed by atoms with van der Waals surface area (Å²) in [4.78, 5) is 10.4. The van der Waals surface area contributed by atoms with Crippen molar-refractivity contribution in [3.05, 3.63) is 54.1 Å². The molecule has 2 aromatic carbocycles. The van der Waals surface area contributed by atoms with Crippen molar-refractivity contribution in [2.24, 2.45) is 10.2 Å². The Kier molecular flexibility index (Phi) is 4.87. The summed E-state index contributed by atoms with van der Waals surface area (Å²) in [7, 11) is 1.61. The second kappa shape index (κ2) is 7.04. The van der Waals surface area contributed by atoms with Crippen LogP contribution in [0.2, 0.25) is 0 Å². The Labute approximate surface area is 122 Å². The molecule has 0 saturated carbocycles. The van der Waals surface area contributed by atoms with Crippen LogP contribution in [0.25, 0.3) is 0 Å². The minimum atomic E-state index is -1.04. The second-order valence-corrected chi connectivity index (χ2v) is 4.14. The van der Waals surface area contributed by atoms with Gasteiger partial charge in [0.2, 0.25) is 0 Å². The number of hydrogen-bond acceptors (Lipinski definition) is 5. The monoisotopic (exact) mass is 284 g/mol. The molecule has 0 aromatic heterocycles. The molecule has 1 amide bonds. The van der Waals surface area contributed by atoms with Crippen molar-refractivity contribution in [1.82, 2.24) is 5.73 Å². The molecule has 0 fully saturated rings. The van der Waals surface area contributed by atoms with Gasteiger partial charge < -0.3 is 9.47 Å². The maximum Gasteiger partial charge on any atom is 0.426 e. The van der Waals surface area contributed by atoms with Crippen molar-refractivity contribution >= 4 is 17.5 Å². The summed E-state index contributed by atoms with van der Waals surface area (Å²) in [6.07, 6.45) is -1.04. The van der Waals surface area contributed by atoms with Crippen LogP contribution in [0.5, 0.6) is 5.75 Å². The van der Waals surface area contributed by atoms with Gasteiger partial charge in [-0.05, 0) is 42.0 Å². The van der Waals surface area contributed by atoms with Gasteiger partial charge in [-0.25, -0.2) is 10.5 Å². The number of ether oxygens (including phenoxy) is 2. The summed E-state index contributed by atoms with van der Waals surface area (Å²) in [6, 6.07) is 14.3. The van der Waals surface area contributed by atoms with Gasteiger partial charge in [0.1, 0.15) is 12.4 Å². The molecular formula is C15H14N3O3. The van der Waals surface area contributed by atoms with Crippen molar-refractivity contribution in [2.45, 2.75) is 6.61 Å². The third-order valence-corrected chi connectivity index (χ3v) is 2.66. The lowest BCUT2D eigenvalue weighted by Crippen LogP contribution is -2.01. The van der Waals surface area contributed by atoms with Crippen molar-refractivity contribution in [2.75, 3.05) is 7.11 Å². The average molecular weight is 284 g/mol. The molecule has 107 valence electrons. The number of azo groups is 1. The smallest absolute Gasteiger partial charge is 0.426 e. The van der Waals surface area contributed by atoms with E-state index < -0.39 is 6.09 Å². The molecular weight excluding hydrogens is 270 g/mol. The zero-order valence-electron chi connectivity index (χ0n) is 11.4. The quantitative estimate of drug-likeness (QED) is 0.777. The van der Waals surface area contributed by atoms with E-state index in [-0.39, 0.29) is 6.61 Å². The molecule has 0 saturated heterocycles. The van der Waals surface area contributed by atoms with Gasteiger partial charge in [0.15, 0.2) is 0 Å². The van der Waals surface area contributed by atoms with Crippen LogP contribution in [-0.4, -0.2) is 13.2 Å². The third-order valence-electron chi connectivity index (χ3n) is 2.66. The lowest BCUT2D eigenvalue weighted by atomic mass is 10.2. The zero-order valence-corrected chi connectivity index (χ0v) is 11.4. The number of methoxy groups -OCH3 is 1. The highest BCUT2D eigenvalue weighted by molar-refractivity contribution is 5.63. The van der Waals surface area contributed by atoms with Crippen LogP contribution in [0.3, 0.4) is 0 Å². The van der Waals surface area contributed by atoms with Crippen LogP contribution in [0.4, 0.5) is 16.2 Å². The van der Waals surface area contributed by atoms with Gasteiger partial charge in [-0.2, -0.15) is 10.2 Å². The Morgan fingerprint density at radius 3 is 2.00 bits per heavy atom. The Balaban J connectivity index is 1.98. The first-order valence-corrected chi connectivity index (χ1v) is 6.20. The van der Waals surface area contributed by atoms with Gasteiger partial charge in [-0.3, -0.25) is 0 Å². The summed E-state index contributed by atoms with van der Waals surface area (Å²) in [5.74, 6) is 0.766. The van der Waals surface area contributed by atoms with Crippen molar-refractivity contribution in [1.29, 1.82) is 0 Å². The van der Waals surface area contributed by atoms with Gasteiger partial charge in [0.05, 0.1) is 18.5 Å². The Morgan fingerprint density at radius 1 is 1.00 bits per heavy atom. The summed E-state index contributed by atoms with van der Waals surface area (Å²) in [6.45, 7) is 0.0816. The average Bonchev–Trinajstić information content (AvgIpc) is 2.52. The van der Waals surface area contributed by atoms with Crippen molar-refractivity contribution < 1.29 is 14.3 Å². The highest BCUT2D eigenvalue weighted by Gasteiger charge is 1.98. The molecule has 0 aliphatic carbocycles. The first-order chi connectivity index (χ1) is 10.2. The van der Waals surface area contributed by atoms with E-state index in [9.17, 15) is 4.79 Å². The van der Waals surface area contributed by atoms with Crippen molar-refractivity contribution in [3.63, 3.8) is 0 Å². The Bertz CT molecular complexity index is 622. The van der Waals surface area contributed by atoms with Crippen LogP contribution < -0.4 is 10.5 Å². The van der Waals surface area contributed by atoms with Gasteiger partial charge in [0, 0.05) is 0 Å². The fourth-order valence-corrected chi connectivity index (χ4v) is 1.57. The van der Waals surface area contributed by atoms with E-state index in [4.69, 9.17) is 10.5 Å². The SMILES string of the molecule is COc1ccc(/N=N/c2ccc(COC([NH])=O)cc2)cc1. The van der Waals surface area contributed by atoms with Gasteiger partial charge >= 0.3 is 6.09 Å². The van der Waals surface area contributed by atoms with Crippen LogP contribution >= 0.6 is 0 Å². The topological polar surface area (TPSA) is 84.1 Å². The van der Waals surface area contributed by atoms with E-state index in [1.165, 1.54) is 0 Å². The first-order valence-electron chi connectivity index (χ1n) is 6.20. The fourth-order valence-electron chi connectivity index (χ4n) is 1.57. The first kappa shape index (κ1) is 14.5. The van der Waals surface area contributed by atoms with Crippen LogP contribution in [0.1, 0.15) is 5.56 Å². The lowest BCUT2D eigenvalue weighted by molar-refractivity contribution is 0.148. The second-order valence-electron chi connectivity index (χ2n) is 4.14. The van der Waals surface area contributed by atoms with E-state index in [1.807, 2.05) is 24.3 Å². The van der Waals surface area contributed by atoms with Gasteiger partial charge in [0.25, 0.3) is 0 Å². The van der Waals surface area contributed by atoms with Gasteiger partial charge in [-0.1, -0.05) is 12.1 Å². The summed E-state index contributed by atoms with van der Waals surface area (Å²) >= 11 is 0. The summed E-state index contributed by atoms with van der Waals surface area (Å²) in [5, 5.41) is 8.22. The molecule has 6 nitrogen and oxygen atoms in total. The van der Waals surface area contributed by atoms with E-state index in [2.05, 4.69) is 15.0 Å². The maximum atomic E-state index is 10.4. The fraction of sp³-hybridized carbons (Fsp3) is 0.133. The number of rotatable bonds is 5. The van der Waals surface area contributed by atoms with Crippen LogP contribution in [0.15, 0.2) is 58.8 Å². The number of benzene rings is 2. The largest absolute Gasteiger partial charge is 0.497 e. The zero-order chi connectivity index (χ0) is 15.1. The minimum absolute atomic E-state index is 0.0816. The Hall–Kier alpha value is -2.89. The van der Waals surface area contributed by atoms with E-state index >= 15 is 0 Å². The molecule has 0 spiro atoms. The van der Waals surface area contributed by atoms with E-state index in [0.717, 1.165) is 17.0 Å². The number of amides is 1. The molecule has 6 heteroatoms. The molecule has 1 N–H and O–H groups in total. The van der Waals surface area contributed by atoms with Gasteiger partial charge in [-0.15, -0.1) is 0 Å². The predicted octanol–water partition coefficient (Wildman–Crippen LogP) is 4.03. The van der Waals surface area contributed by atoms with Crippen LogP contribution in [0, 0.1) is 0 Å². The summed E-state index contributed by atoms with van der Waals surface area (Å²) < 4.78 is 9.64. The molecule has 21 heavy (non-hydrogen) atoms. The highest BCUT2D eigenvalue weighted by Crippen LogP contribution is 2.21. The molecule has 2 aromatic rings. The standard InChI is InChI=1S/C15H14N3O3/c1-20-14-8-6-13(7-9-14)18-17-12-4-2-11(3-5-12)10-21-15(16)19/h2-9,16H,10H2,1H3/b18-17+. The lowest BCUT2D eigenvalue weighted by Gasteiger charge is -2.01. The summed E-state index contributed by atoms with van der Waals surface area (Å²) in [5.41, 5.74) is 8.86. The molecule has 0 bridgehead atoms. The number of nitrogens with one attached hydrogen (secondary N) is 1. The number of carbonyl (C=O) groups excluding carboxylic acids is 1. The normalized spacial score (nSPS) is 10.5. The number of hydrogen-bond donors (Lipinski definition) is 0. The predicted molar refractivity (Wildman–Crippen MR) is 76.9 cm³/mol. The van der Waals surface area contributed by atoms with E-state index in [0.29, 0.717) is 5.69 Å². The molecule has 0 aliphatic heterocycles. The number of carbonyl (C=O) groups is 1. The number of nitrogens with zero attached hydrogens (tertiary/aromatic N) is 2. The molecule has 0 heterocycles. The molecule has 0 atom stereocenters. The Morgan fingerprint density at radius 2 is 1.52 bits per heavy atom. The maximum absolute atomic E-state index is 10.4. The molecule has 0 unspecified atom stereocenters. The van der Waals surface area contributed by atoms with Crippen molar-refractivity contribution in [3.8, 4) is 5.75 Å². The highest BCUT2D eigenvalue weighted by atomic mass is 16.5. The third kappa shape index (κ3) is 4.61. The van der Waals surface area contributed by atoms with E-state index in [1.54, 1.807) is 31.4 Å². The molecule has 0 aliphatic rings. The molecule has 2 rings (SSSR count). The van der Waals surface area contributed by atoms with Crippen LogP contribution in [-0.2, 0) is 11.3 Å².